The Morgan fingerprint density at radius 1 is 1.45 bits per heavy atom. The molecule has 0 aliphatic heterocycles. The van der Waals surface area contributed by atoms with Crippen LogP contribution in [0, 0.1) is 5.82 Å². The Kier molecular flexibility index (Phi) is 2.21. The van der Waals surface area contributed by atoms with Crippen LogP contribution in [0.3, 0.4) is 0 Å². The van der Waals surface area contributed by atoms with E-state index in [0.29, 0.717) is 11.3 Å². The van der Waals surface area contributed by atoms with E-state index in [1.54, 1.807) is 25.1 Å². The zero-order valence-corrected chi connectivity index (χ0v) is 6.21. The molecule has 0 atom stereocenters. The molecule has 0 amide bonds. The van der Waals surface area contributed by atoms with Crippen molar-refractivity contribution >= 4 is 5.71 Å². The summed E-state index contributed by atoms with van der Waals surface area (Å²) >= 11 is 0. The van der Waals surface area contributed by atoms with E-state index in [1.807, 2.05) is 0 Å². The van der Waals surface area contributed by atoms with Crippen molar-refractivity contribution < 1.29 is 4.39 Å². The molecular formula is C8H9FN2. The molecule has 3 heteroatoms. The van der Waals surface area contributed by atoms with Gasteiger partial charge in [0.25, 0.3) is 0 Å². The van der Waals surface area contributed by atoms with Crippen LogP contribution in [0.1, 0.15) is 12.5 Å². The van der Waals surface area contributed by atoms with Crippen LogP contribution in [-0.2, 0) is 0 Å². The van der Waals surface area contributed by atoms with E-state index in [2.05, 4.69) is 5.10 Å². The molecule has 1 aromatic rings. The zero-order chi connectivity index (χ0) is 8.27. The molecule has 0 spiro atoms. The van der Waals surface area contributed by atoms with Gasteiger partial charge in [0, 0.05) is 5.56 Å². The lowest BCUT2D eigenvalue weighted by atomic mass is 10.1. The SMILES string of the molecule is CC(=NN)c1ccccc1F. The lowest BCUT2D eigenvalue weighted by Crippen LogP contribution is -2.01. The molecule has 0 unspecified atom stereocenters. The molecule has 0 radical (unpaired) electrons. The molecule has 2 N–H and O–H groups in total. The van der Waals surface area contributed by atoms with Crippen LogP contribution in [-0.4, -0.2) is 5.71 Å². The summed E-state index contributed by atoms with van der Waals surface area (Å²) in [4.78, 5) is 0. The van der Waals surface area contributed by atoms with Crippen LogP contribution >= 0.6 is 0 Å². The number of hydrazone groups is 1. The molecule has 2 nitrogen and oxygen atoms in total. The molecule has 0 aliphatic rings. The van der Waals surface area contributed by atoms with E-state index in [0.717, 1.165) is 0 Å². The van der Waals surface area contributed by atoms with Crippen LogP contribution in [0.2, 0.25) is 0 Å². The highest BCUT2D eigenvalue weighted by Crippen LogP contribution is 2.06. The Hall–Kier alpha value is -1.38. The number of rotatable bonds is 1. The molecule has 11 heavy (non-hydrogen) atoms. The largest absolute Gasteiger partial charge is 0.323 e. The predicted molar refractivity (Wildman–Crippen MR) is 42.8 cm³/mol. The minimum Gasteiger partial charge on any atom is -0.323 e. The molecule has 0 saturated carbocycles. The van der Waals surface area contributed by atoms with Crippen LogP contribution in [0.4, 0.5) is 4.39 Å². The van der Waals surface area contributed by atoms with Crippen LogP contribution in [0.15, 0.2) is 29.4 Å². The van der Waals surface area contributed by atoms with Crippen molar-refractivity contribution in [1.29, 1.82) is 0 Å². The molecule has 0 aliphatic carbocycles. The first-order chi connectivity index (χ1) is 5.25. The van der Waals surface area contributed by atoms with E-state index < -0.39 is 0 Å². The van der Waals surface area contributed by atoms with Gasteiger partial charge in [-0.25, -0.2) is 4.39 Å². The van der Waals surface area contributed by atoms with E-state index in [4.69, 9.17) is 5.84 Å². The van der Waals surface area contributed by atoms with Crippen molar-refractivity contribution in [2.45, 2.75) is 6.92 Å². The first-order valence-electron chi connectivity index (χ1n) is 3.25. The van der Waals surface area contributed by atoms with Gasteiger partial charge in [-0.3, -0.25) is 0 Å². The van der Waals surface area contributed by atoms with Gasteiger partial charge in [0.05, 0.1) is 5.71 Å². The first kappa shape index (κ1) is 7.72. The van der Waals surface area contributed by atoms with Crippen molar-refractivity contribution in [1.82, 2.24) is 0 Å². The third kappa shape index (κ3) is 1.55. The second-order valence-electron chi connectivity index (χ2n) is 2.19. The van der Waals surface area contributed by atoms with Crippen LogP contribution < -0.4 is 5.84 Å². The van der Waals surface area contributed by atoms with Crippen molar-refractivity contribution in [3.8, 4) is 0 Å². The smallest absolute Gasteiger partial charge is 0.132 e. The highest BCUT2D eigenvalue weighted by Gasteiger charge is 2.01. The summed E-state index contributed by atoms with van der Waals surface area (Å²) < 4.78 is 12.9. The van der Waals surface area contributed by atoms with Gasteiger partial charge in [-0.05, 0) is 13.0 Å². The van der Waals surface area contributed by atoms with Gasteiger partial charge < -0.3 is 5.84 Å². The first-order valence-corrected chi connectivity index (χ1v) is 3.25. The maximum Gasteiger partial charge on any atom is 0.132 e. The molecule has 0 fully saturated rings. The highest BCUT2D eigenvalue weighted by atomic mass is 19.1. The zero-order valence-electron chi connectivity index (χ0n) is 6.21. The Morgan fingerprint density at radius 2 is 2.09 bits per heavy atom. The summed E-state index contributed by atoms with van der Waals surface area (Å²) in [6, 6.07) is 6.39. The number of nitrogens with two attached hydrogens (primary N) is 1. The summed E-state index contributed by atoms with van der Waals surface area (Å²) in [5.41, 5.74) is 0.957. The monoisotopic (exact) mass is 152 g/mol. The van der Waals surface area contributed by atoms with E-state index >= 15 is 0 Å². The van der Waals surface area contributed by atoms with Gasteiger partial charge in [-0.2, -0.15) is 5.10 Å². The average Bonchev–Trinajstić information content (AvgIpc) is 2.04. The average molecular weight is 152 g/mol. The number of hydrogen-bond donors (Lipinski definition) is 1. The Morgan fingerprint density at radius 3 is 2.64 bits per heavy atom. The summed E-state index contributed by atoms with van der Waals surface area (Å²) in [5, 5.41) is 3.40. The fourth-order valence-corrected chi connectivity index (χ4v) is 0.824. The maximum absolute atomic E-state index is 12.9. The van der Waals surface area contributed by atoms with Gasteiger partial charge in [-0.1, -0.05) is 18.2 Å². The lowest BCUT2D eigenvalue weighted by Gasteiger charge is -1.98. The molecular weight excluding hydrogens is 143 g/mol. The quantitative estimate of drug-likeness (QED) is 0.369. The third-order valence-electron chi connectivity index (χ3n) is 1.46. The minimum atomic E-state index is -0.292. The fourth-order valence-electron chi connectivity index (χ4n) is 0.824. The van der Waals surface area contributed by atoms with Crippen molar-refractivity contribution in [2.75, 3.05) is 0 Å². The molecule has 0 bridgehead atoms. The summed E-state index contributed by atoms with van der Waals surface area (Å²) in [6.45, 7) is 1.67. The number of nitrogens with zero attached hydrogens (tertiary/aromatic N) is 1. The van der Waals surface area contributed by atoms with Gasteiger partial charge >= 0.3 is 0 Å². The number of halogens is 1. The van der Waals surface area contributed by atoms with Gasteiger partial charge in [0.1, 0.15) is 5.82 Å². The van der Waals surface area contributed by atoms with Crippen molar-refractivity contribution in [3.05, 3.63) is 35.6 Å². The minimum absolute atomic E-state index is 0.292. The van der Waals surface area contributed by atoms with Gasteiger partial charge in [0.15, 0.2) is 0 Å². The van der Waals surface area contributed by atoms with E-state index in [1.165, 1.54) is 6.07 Å². The van der Waals surface area contributed by atoms with Gasteiger partial charge in [-0.15, -0.1) is 0 Å². The highest BCUT2D eigenvalue weighted by molar-refractivity contribution is 5.98. The second-order valence-corrected chi connectivity index (χ2v) is 2.19. The summed E-state index contributed by atoms with van der Waals surface area (Å²) in [7, 11) is 0. The molecule has 1 rings (SSSR count). The van der Waals surface area contributed by atoms with Crippen LogP contribution in [0.25, 0.3) is 0 Å². The molecule has 0 saturated heterocycles. The lowest BCUT2D eigenvalue weighted by molar-refractivity contribution is 0.625. The fraction of sp³-hybridized carbons (Fsp3) is 0.125. The molecule has 0 aromatic heterocycles. The Balaban J connectivity index is 3.14. The number of benzene rings is 1. The predicted octanol–water partition coefficient (Wildman–Crippen LogP) is 1.51. The van der Waals surface area contributed by atoms with Gasteiger partial charge in [0.2, 0.25) is 0 Å². The molecule has 1 aromatic carbocycles. The van der Waals surface area contributed by atoms with Crippen molar-refractivity contribution in [3.63, 3.8) is 0 Å². The normalized spacial score (nSPS) is 11.6. The number of hydrogen-bond acceptors (Lipinski definition) is 2. The van der Waals surface area contributed by atoms with E-state index in [9.17, 15) is 4.39 Å². The van der Waals surface area contributed by atoms with Crippen molar-refractivity contribution in [2.24, 2.45) is 10.9 Å². The Bertz CT molecular complexity index is 281. The second kappa shape index (κ2) is 3.14. The molecule has 0 heterocycles. The maximum atomic E-state index is 12.9. The summed E-state index contributed by atoms with van der Waals surface area (Å²) in [6.07, 6.45) is 0. The third-order valence-corrected chi connectivity index (χ3v) is 1.46. The Labute approximate surface area is 64.5 Å². The molecule has 58 valence electrons. The van der Waals surface area contributed by atoms with E-state index in [-0.39, 0.29) is 5.82 Å². The van der Waals surface area contributed by atoms with Crippen LogP contribution in [0.5, 0.6) is 0 Å². The summed E-state index contributed by atoms with van der Waals surface area (Å²) in [5.74, 6) is 4.70. The standard InChI is InChI=1S/C8H9FN2/c1-6(11-10)7-4-2-3-5-8(7)9/h2-5H,10H2,1H3. The topological polar surface area (TPSA) is 38.4 Å².